The van der Waals surface area contributed by atoms with Crippen LogP contribution in [0.3, 0.4) is 0 Å². The minimum atomic E-state index is -3.75. The van der Waals surface area contributed by atoms with Gasteiger partial charge in [0.15, 0.2) is 0 Å². The summed E-state index contributed by atoms with van der Waals surface area (Å²) in [6.07, 6.45) is 0. The van der Waals surface area contributed by atoms with Crippen molar-refractivity contribution in [3.05, 3.63) is 28.5 Å². The van der Waals surface area contributed by atoms with Crippen LogP contribution in [0.1, 0.15) is 0 Å². The molecular formula is C12H15Br2FN2O2S. The molecule has 2 rings (SSSR count). The van der Waals surface area contributed by atoms with Crippen LogP contribution >= 0.6 is 31.9 Å². The van der Waals surface area contributed by atoms with Gasteiger partial charge in [0.25, 0.3) is 0 Å². The van der Waals surface area contributed by atoms with Gasteiger partial charge in [-0.15, -0.1) is 0 Å². The highest BCUT2D eigenvalue weighted by Crippen LogP contribution is 2.23. The van der Waals surface area contributed by atoms with Crippen molar-refractivity contribution in [2.24, 2.45) is 0 Å². The Morgan fingerprint density at radius 1 is 1.20 bits per heavy atom. The Kier molecular flexibility index (Phi) is 5.58. The normalized spacial score (nSPS) is 18.4. The number of nitrogens with zero attached hydrogens (tertiary/aromatic N) is 2. The summed E-state index contributed by atoms with van der Waals surface area (Å²) in [6.45, 7) is 3.02. The molecule has 0 bridgehead atoms. The second-order valence-corrected chi connectivity index (χ2v) is 8.12. The SMILES string of the molecule is O=S(=O)(c1ccc(Br)cc1F)N1CCN(CCBr)CC1. The zero-order chi connectivity index (χ0) is 14.8. The maximum Gasteiger partial charge on any atom is 0.246 e. The van der Waals surface area contributed by atoms with E-state index in [0.717, 1.165) is 11.9 Å². The molecule has 0 amide bonds. The zero-order valence-electron chi connectivity index (χ0n) is 10.7. The topological polar surface area (TPSA) is 40.6 Å². The number of benzene rings is 1. The first-order valence-corrected chi connectivity index (χ1v) is 9.54. The molecule has 0 atom stereocenters. The van der Waals surface area contributed by atoms with Crippen LogP contribution in [0.25, 0.3) is 0 Å². The summed E-state index contributed by atoms with van der Waals surface area (Å²) in [7, 11) is -3.75. The number of sulfonamides is 1. The van der Waals surface area contributed by atoms with Crippen LogP contribution in [-0.2, 0) is 10.0 Å². The smallest absolute Gasteiger partial charge is 0.246 e. The molecule has 1 saturated heterocycles. The Hall–Kier alpha value is -0.0200. The maximum atomic E-state index is 13.8. The molecule has 20 heavy (non-hydrogen) atoms. The van der Waals surface area contributed by atoms with Gasteiger partial charge in [0.1, 0.15) is 10.7 Å². The lowest BCUT2D eigenvalue weighted by Crippen LogP contribution is -2.49. The summed E-state index contributed by atoms with van der Waals surface area (Å²) in [5.41, 5.74) is 0. The Bertz CT molecular complexity index is 575. The molecule has 0 saturated carbocycles. The fourth-order valence-electron chi connectivity index (χ4n) is 2.14. The summed E-state index contributed by atoms with van der Waals surface area (Å²) >= 11 is 6.49. The third kappa shape index (κ3) is 3.59. The van der Waals surface area contributed by atoms with Crippen molar-refractivity contribution in [2.45, 2.75) is 4.90 Å². The lowest BCUT2D eigenvalue weighted by molar-refractivity contribution is 0.198. The molecule has 1 heterocycles. The van der Waals surface area contributed by atoms with E-state index in [1.165, 1.54) is 22.5 Å². The van der Waals surface area contributed by atoms with Crippen LogP contribution in [0.2, 0.25) is 0 Å². The molecule has 1 aliphatic heterocycles. The fraction of sp³-hybridized carbons (Fsp3) is 0.500. The van der Waals surface area contributed by atoms with Gasteiger partial charge in [-0.25, -0.2) is 12.8 Å². The minimum absolute atomic E-state index is 0.255. The van der Waals surface area contributed by atoms with E-state index >= 15 is 0 Å². The van der Waals surface area contributed by atoms with Crippen LogP contribution in [0.4, 0.5) is 4.39 Å². The van der Waals surface area contributed by atoms with E-state index in [-0.39, 0.29) is 4.90 Å². The van der Waals surface area contributed by atoms with E-state index in [1.54, 1.807) is 0 Å². The van der Waals surface area contributed by atoms with Crippen LogP contribution in [0.5, 0.6) is 0 Å². The molecule has 0 radical (unpaired) electrons. The van der Waals surface area contributed by atoms with E-state index in [4.69, 9.17) is 0 Å². The Labute approximate surface area is 135 Å². The average molecular weight is 430 g/mol. The van der Waals surface area contributed by atoms with E-state index < -0.39 is 15.8 Å². The van der Waals surface area contributed by atoms with Crippen molar-refractivity contribution >= 4 is 41.9 Å². The molecular weight excluding hydrogens is 415 g/mol. The van der Waals surface area contributed by atoms with Crippen LogP contribution in [0.15, 0.2) is 27.6 Å². The molecule has 0 aliphatic carbocycles. The number of halogens is 3. The maximum absolute atomic E-state index is 13.8. The third-order valence-electron chi connectivity index (χ3n) is 3.24. The molecule has 8 heteroatoms. The van der Waals surface area contributed by atoms with Crippen LogP contribution < -0.4 is 0 Å². The number of hydrogen-bond acceptors (Lipinski definition) is 3. The molecule has 0 aromatic heterocycles. The average Bonchev–Trinajstić information content (AvgIpc) is 2.39. The molecule has 4 nitrogen and oxygen atoms in total. The second kappa shape index (κ2) is 6.83. The standard InChI is InChI=1S/C12H15Br2FN2O2S/c13-3-4-16-5-7-17(8-6-16)20(18,19)12-2-1-10(14)9-11(12)15/h1-2,9H,3-8H2. The molecule has 1 aromatic carbocycles. The molecule has 0 N–H and O–H groups in total. The fourth-order valence-corrected chi connectivity index (χ4v) is 4.44. The summed E-state index contributed by atoms with van der Waals surface area (Å²) in [5, 5.41) is 0.862. The van der Waals surface area contributed by atoms with Crippen molar-refractivity contribution in [1.82, 2.24) is 9.21 Å². The van der Waals surface area contributed by atoms with Crippen molar-refractivity contribution in [3.63, 3.8) is 0 Å². The van der Waals surface area contributed by atoms with Gasteiger partial charge in [0.2, 0.25) is 10.0 Å². The Morgan fingerprint density at radius 2 is 1.85 bits per heavy atom. The number of hydrogen-bond donors (Lipinski definition) is 0. The van der Waals surface area contributed by atoms with Crippen molar-refractivity contribution in [3.8, 4) is 0 Å². The quantitative estimate of drug-likeness (QED) is 0.689. The molecule has 0 spiro atoms. The molecule has 1 fully saturated rings. The van der Waals surface area contributed by atoms with Gasteiger partial charge in [-0.05, 0) is 18.2 Å². The highest BCUT2D eigenvalue weighted by molar-refractivity contribution is 9.10. The summed E-state index contributed by atoms with van der Waals surface area (Å²) < 4.78 is 40.6. The van der Waals surface area contributed by atoms with Crippen molar-refractivity contribution < 1.29 is 12.8 Å². The lowest BCUT2D eigenvalue weighted by Gasteiger charge is -2.33. The highest BCUT2D eigenvalue weighted by Gasteiger charge is 2.30. The van der Waals surface area contributed by atoms with E-state index in [2.05, 4.69) is 36.8 Å². The first-order valence-electron chi connectivity index (χ1n) is 6.18. The second-order valence-electron chi connectivity index (χ2n) is 4.51. The van der Waals surface area contributed by atoms with Crippen molar-refractivity contribution in [2.75, 3.05) is 38.1 Å². The van der Waals surface area contributed by atoms with Crippen LogP contribution in [0, 0.1) is 5.82 Å². The Morgan fingerprint density at radius 3 is 2.40 bits per heavy atom. The molecule has 0 unspecified atom stereocenters. The first-order chi connectivity index (χ1) is 9.45. The first kappa shape index (κ1) is 16.4. The monoisotopic (exact) mass is 428 g/mol. The largest absolute Gasteiger partial charge is 0.300 e. The molecule has 1 aliphatic rings. The number of alkyl halides is 1. The van der Waals surface area contributed by atoms with E-state index in [9.17, 15) is 12.8 Å². The van der Waals surface area contributed by atoms with Gasteiger partial charge in [-0.1, -0.05) is 31.9 Å². The number of piperazine rings is 1. The highest BCUT2D eigenvalue weighted by atomic mass is 79.9. The minimum Gasteiger partial charge on any atom is -0.300 e. The van der Waals surface area contributed by atoms with E-state index in [1.807, 2.05) is 0 Å². The van der Waals surface area contributed by atoms with Gasteiger partial charge in [-0.3, -0.25) is 4.90 Å². The van der Waals surface area contributed by atoms with E-state index in [0.29, 0.717) is 30.7 Å². The summed E-state index contributed by atoms with van der Waals surface area (Å²) in [6, 6.07) is 4.02. The van der Waals surface area contributed by atoms with Gasteiger partial charge in [0, 0.05) is 42.5 Å². The summed E-state index contributed by atoms with van der Waals surface area (Å²) in [5.74, 6) is -0.720. The number of rotatable bonds is 4. The van der Waals surface area contributed by atoms with Gasteiger partial charge >= 0.3 is 0 Å². The molecule has 1 aromatic rings. The Balaban J connectivity index is 2.15. The lowest BCUT2D eigenvalue weighted by atomic mass is 10.3. The third-order valence-corrected chi connectivity index (χ3v) is 6.02. The van der Waals surface area contributed by atoms with Gasteiger partial charge in [-0.2, -0.15) is 4.31 Å². The van der Waals surface area contributed by atoms with Crippen molar-refractivity contribution in [1.29, 1.82) is 0 Å². The van der Waals surface area contributed by atoms with Gasteiger partial charge in [0.05, 0.1) is 0 Å². The van der Waals surface area contributed by atoms with Crippen LogP contribution in [-0.4, -0.2) is 55.7 Å². The molecule has 112 valence electrons. The predicted molar refractivity (Wildman–Crippen MR) is 83.1 cm³/mol. The summed E-state index contributed by atoms with van der Waals surface area (Å²) in [4.78, 5) is 1.92. The predicted octanol–water partition coefficient (Wildman–Crippen LogP) is 2.29. The zero-order valence-corrected chi connectivity index (χ0v) is 14.7. The van der Waals surface area contributed by atoms with Gasteiger partial charge < -0.3 is 0 Å².